The second-order valence-corrected chi connectivity index (χ2v) is 4.72. The van der Waals surface area contributed by atoms with Crippen molar-refractivity contribution in [2.75, 3.05) is 39.3 Å². The maximum absolute atomic E-state index is 11.7. The normalized spacial score (nSPS) is 19.3. The van der Waals surface area contributed by atoms with Gasteiger partial charge in [-0.05, 0) is 33.0 Å². The third-order valence-corrected chi connectivity index (χ3v) is 3.47. The molecule has 1 aliphatic heterocycles. The Morgan fingerprint density at radius 1 is 1.53 bits per heavy atom. The number of hydrogen-bond donors (Lipinski definition) is 1. The summed E-state index contributed by atoms with van der Waals surface area (Å²) < 4.78 is 5.05. The van der Waals surface area contributed by atoms with Crippen LogP contribution < -0.4 is 0 Å². The van der Waals surface area contributed by atoms with Gasteiger partial charge in [0, 0.05) is 5.92 Å². The number of carbonyl (C=O) groups excluding carboxylic acids is 1. The molecule has 1 N–H and O–H groups in total. The number of hydrogen-bond acceptors (Lipinski definition) is 5. The van der Waals surface area contributed by atoms with Crippen LogP contribution in [0.3, 0.4) is 0 Å². The van der Waals surface area contributed by atoms with E-state index in [0.717, 1.165) is 25.9 Å². The maximum atomic E-state index is 11.7. The Labute approximate surface area is 95.0 Å². The zero-order chi connectivity index (χ0) is 11.1. The first kappa shape index (κ1) is 13.0. The van der Waals surface area contributed by atoms with Gasteiger partial charge < -0.3 is 14.7 Å². The van der Waals surface area contributed by atoms with Crippen LogP contribution in [0.25, 0.3) is 0 Å². The van der Waals surface area contributed by atoms with Crippen LogP contribution >= 0.6 is 11.8 Å². The Balaban J connectivity index is 2.11. The molecule has 1 heterocycles. The van der Waals surface area contributed by atoms with Crippen molar-refractivity contribution in [3.8, 4) is 0 Å². The SMILES string of the molecule is CN1CCC(C(=O)SCOCCO)CC1. The number of ether oxygens (including phenoxy) is 1. The van der Waals surface area contributed by atoms with Crippen LogP contribution in [0, 0.1) is 5.92 Å². The number of aliphatic hydroxyl groups is 1. The van der Waals surface area contributed by atoms with Crippen molar-refractivity contribution in [1.29, 1.82) is 0 Å². The topological polar surface area (TPSA) is 49.8 Å². The second kappa shape index (κ2) is 7.22. The van der Waals surface area contributed by atoms with Crippen molar-refractivity contribution >= 4 is 16.9 Å². The van der Waals surface area contributed by atoms with Gasteiger partial charge in [0.25, 0.3) is 0 Å². The fraction of sp³-hybridized carbons (Fsp3) is 0.900. The molecule has 1 saturated heterocycles. The highest BCUT2D eigenvalue weighted by Crippen LogP contribution is 2.22. The summed E-state index contributed by atoms with van der Waals surface area (Å²) in [6.45, 7) is 2.35. The Hall–Kier alpha value is -0.100. The first-order valence-corrected chi connectivity index (χ1v) is 6.26. The minimum absolute atomic E-state index is 0.0168. The van der Waals surface area contributed by atoms with Crippen LogP contribution in [0.4, 0.5) is 0 Å². The average molecular weight is 233 g/mol. The summed E-state index contributed by atoms with van der Waals surface area (Å²) in [6, 6.07) is 0. The monoisotopic (exact) mass is 233 g/mol. The number of likely N-dealkylation sites (tertiary alicyclic amines) is 1. The van der Waals surface area contributed by atoms with Crippen LogP contribution in [0.1, 0.15) is 12.8 Å². The molecule has 0 unspecified atom stereocenters. The van der Waals surface area contributed by atoms with Crippen LogP contribution in [0.15, 0.2) is 0 Å². The van der Waals surface area contributed by atoms with Gasteiger partial charge in [-0.15, -0.1) is 0 Å². The van der Waals surface area contributed by atoms with Gasteiger partial charge in [0.15, 0.2) is 5.12 Å². The molecule has 0 aromatic rings. The lowest BCUT2D eigenvalue weighted by molar-refractivity contribution is -0.115. The van der Waals surface area contributed by atoms with Crippen molar-refractivity contribution in [3.63, 3.8) is 0 Å². The smallest absolute Gasteiger partial charge is 0.194 e. The summed E-state index contributed by atoms with van der Waals surface area (Å²) in [5.41, 5.74) is 0. The van der Waals surface area contributed by atoms with E-state index in [1.807, 2.05) is 0 Å². The van der Waals surface area contributed by atoms with Gasteiger partial charge >= 0.3 is 0 Å². The quantitative estimate of drug-likeness (QED) is 0.555. The summed E-state index contributed by atoms with van der Waals surface area (Å²) in [6.07, 6.45) is 1.92. The Morgan fingerprint density at radius 2 is 2.20 bits per heavy atom. The molecule has 4 nitrogen and oxygen atoms in total. The molecule has 0 amide bonds. The van der Waals surface area contributed by atoms with Gasteiger partial charge in [0.2, 0.25) is 0 Å². The Bertz CT molecular complexity index is 193. The zero-order valence-electron chi connectivity index (χ0n) is 9.15. The molecule has 0 radical (unpaired) electrons. The molecule has 1 fully saturated rings. The van der Waals surface area contributed by atoms with Crippen molar-refractivity contribution in [2.24, 2.45) is 5.92 Å². The zero-order valence-corrected chi connectivity index (χ0v) is 9.96. The summed E-state index contributed by atoms with van der Waals surface area (Å²) in [5.74, 6) is 0.565. The third kappa shape index (κ3) is 4.97. The highest BCUT2D eigenvalue weighted by Gasteiger charge is 2.23. The van der Waals surface area contributed by atoms with Crippen molar-refractivity contribution < 1.29 is 14.6 Å². The molecule has 15 heavy (non-hydrogen) atoms. The van der Waals surface area contributed by atoms with Gasteiger partial charge in [-0.3, -0.25) is 4.79 Å². The first-order chi connectivity index (χ1) is 7.24. The van der Waals surface area contributed by atoms with E-state index in [1.165, 1.54) is 11.8 Å². The second-order valence-electron chi connectivity index (χ2n) is 3.79. The molecule has 0 atom stereocenters. The van der Waals surface area contributed by atoms with E-state index in [1.54, 1.807) is 0 Å². The Morgan fingerprint density at radius 3 is 2.80 bits per heavy atom. The highest BCUT2D eigenvalue weighted by atomic mass is 32.2. The first-order valence-electron chi connectivity index (χ1n) is 5.28. The van der Waals surface area contributed by atoms with E-state index in [0.29, 0.717) is 12.5 Å². The number of piperidine rings is 1. The van der Waals surface area contributed by atoms with Gasteiger partial charge in [-0.2, -0.15) is 0 Å². The van der Waals surface area contributed by atoms with Gasteiger partial charge in [-0.1, -0.05) is 11.8 Å². The standard InChI is InChI=1S/C10H19NO3S/c1-11-4-2-9(3-5-11)10(13)15-8-14-7-6-12/h9,12H,2-8H2,1H3. The van der Waals surface area contributed by atoms with Crippen LogP contribution in [-0.2, 0) is 9.53 Å². The van der Waals surface area contributed by atoms with Gasteiger partial charge in [-0.25, -0.2) is 0 Å². The van der Waals surface area contributed by atoms with E-state index in [9.17, 15) is 4.79 Å². The van der Waals surface area contributed by atoms with Gasteiger partial charge in [0.05, 0.1) is 19.2 Å². The number of thioether (sulfide) groups is 1. The lowest BCUT2D eigenvalue weighted by Gasteiger charge is -2.27. The molecule has 0 saturated carbocycles. The summed E-state index contributed by atoms with van der Waals surface area (Å²) in [7, 11) is 2.08. The molecular formula is C10H19NO3S. The van der Waals surface area contributed by atoms with Crippen molar-refractivity contribution in [1.82, 2.24) is 4.90 Å². The molecule has 5 heteroatoms. The van der Waals surface area contributed by atoms with E-state index in [-0.39, 0.29) is 17.6 Å². The molecular weight excluding hydrogens is 214 g/mol. The third-order valence-electron chi connectivity index (χ3n) is 2.57. The fourth-order valence-electron chi connectivity index (χ4n) is 1.59. The number of carbonyl (C=O) groups is 1. The summed E-state index contributed by atoms with van der Waals surface area (Å²) in [5, 5.41) is 8.72. The van der Waals surface area contributed by atoms with Crippen LogP contribution in [0.2, 0.25) is 0 Å². The molecule has 0 aromatic heterocycles. The van der Waals surface area contributed by atoms with E-state index in [2.05, 4.69) is 11.9 Å². The molecule has 88 valence electrons. The maximum Gasteiger partial charge on any atom is 0.194 e. The largest absolute Gasteiger partial charge is 0.394 e. The van der Waals surface area contributed by atoms with Crippen molar-refractivity contribution in [3.05, 3.63) is 0 Å². The predicted molar refractivity (Wildman–Crippen MR) is 60.7 cm³/mol. The molecule has 0 aliphatic carbocycles. The van der Waals surface area contributed by atoms with Gasteiger partial charge in [0.1, 0.15) is 0 Å². The molecule has 0 spiro atoms. The predicted octanol–water partition coefficient (Wildman–Crippen LogP) is 0.554. The molecule has 1 rings (SSSR count). The molecule has 1 aliphatic rings. The average Bonchev–Trinajstić information content (AvgIpc) is 2.25. The molecule has 0 bridgehead atoms. The molecule has 0 aromatic carbocycles. The highest BCUT2D eigenvalue weighted by molar-refractivity contribution is 8.13. The Kier molecular flexibility index (Phi) is 6.24. The lowest BCUT2D eigenvalue weighted by atomic mass is 9.99. The summed E-state index contributed by atoms with van der Waals surface area (Å²) in [4.78, 5) is 13.9. The van der Waals surface area contributed by atoms with E-state index in [4.69, 9.17) is 9.84 Å². The summed E-state index contributed by atoms with van der Waals surface area (Å²) >= 11 is 1.23. The number of nitrogens with zero attached hydrogens (tertiary/aromatic N) is 1. The fourth-order valence-corrected chi connectivity index (χ4v) is 2.37. The number of aliphatic hydroxyl groups excluding tert-OH is 1. The minimum Gasteiger partial charge on any atom is -0.394 e. The van der Waals surface area contributed by atoms with Crippen LogP contribution in [0.5, 0.6) is 0 Å². The van der Waals surface area contributed by atoms with Crippen LogP contribution in [-0.4, -0.2) is 54.4 Å². The number of rotatable bonds is 5. The van der Waals surface area contributed by atoms with Crippen molar-refractivity contribution in [2.45, 2.75) is 12.8 Å². The lowest BCUT2D eigenvalue weighted by Crippen LogP contribution is -2.32. The minimum atomic E-state index is 0.0168. The van der Waals surface area contributed by atoms with E-state index < -0.39 is 0 Å². The van der Waals surface area contributed by atoms with E-state index >= 15 is 0 Å².